The van der Waals surface area contributed by atoms with Gasteiger partial charge in [-0.1, -0.05) is 5.16 Å². The van der Waals surface area contributed by atoms with Crippen LogP contribution in [0, 0.1) is 11.8 Å². The second-order valence-corrected chi connectivity index (χ2v) is 8.01. The minimum absolute atomic E-state index is 0.0812. The Hall–Kier alpha value is -1.96. The van der Waals surface area contributed by atoms with E-state index in [4.69, 9.17) is 4.52 Å². The molecule has 2 amide bonds. The van der Waals surface area contributed by atoms with Gasteiger partial charge in [0.1, 0.15) is 0 Å². The van der Waals surface area contributed by atoms with Crippen molar-refractivity contribution in [2.75, 3.05) is 27.2 Å². The van der Waals surface area contributed by atoms with Crippen LogP contribution in [0.4, 0.5) is 0 Å². The van der Waals surface area contributed by atoms with Crippen molar-refractivity contribution in [1.29, 1.82) is 0 Å². The van der Waals surface area contributed by atoms with Crippen LogP contribution in [0.5, 0.6) is 0 Å². The van der Waals surface area contributed by atoms with E-state index in [1.165, 1.54) is 12.8 Å². The fourth-order valence-electron chi connectivity index (χ4n) is 3.05. The van der Waals surface area contributed by atoms with Crippen molar-refractivity contribution in [1.82, 2.24) is 25.3 Å². The van der Waals surface area contributed by atoms with E-state index in [2.05, 4.69) is 15.5 Å². The van der Waals surface area contributed by atoms with E-state index in [0.29, 0.717) is 30.7 Å². The number of carbonyl (C=O) groups excluding carboxylic acids is 2. The van der Waals surface area contributed by atoms with Gasteiger partial charge in [0.15, 0.2) is 5.82 Å². The third-order valence-electron chi connectivity index (χ3n) is 4.68. The molecule has 1 aromatic rings. The van der Waals surface area contributed by atoms with Gasteiger partial charge in [0.25, 0.3) is 0 Å². The number of nitrogens with one attached hydrogen (secondary N) is 1. The molecule has 1 aliphatic heterocycles. The van der Waals surface area contributed by atoms with Crippen molar-refractivity contribution in [3.8, 4) is 0 Å². The van der Waals surface area contributed by atoms with Crippen LogP contribution in [0.2, 0.25) is 0 Å². The van der Waals surface area contributed by atoms with Gasteiger partial charge in [-0.05, 0) is 46.7 Å². The lowest BCUT2D eigenvalue weighted by Crippen LogP contribution is -2.45. The molecule has 8 nitrogen and oxygen atoms in total. The lowest BCUT2D eigenvalue weighted by molar-refractivity contribution is -0.129. The summed E-state index contributed by atoms with van der Waals surface area (Å²) >= 11 is 0. The number of aromatic nitrogens is 2. The van der Waals surface area contributed by atoms with Crippen LogP contribution < -0.4 is 5.32 Å². The van der Waals surface area contributed by atoms with Gasteiger partial charge in [0.05, 0.1) is 18.0 Å². The van der Waals surface area contributed by atoms with E-state index in [1.807, 2.05) is 37.7 Å². The zero-order valence-corrected chi connectivity index (χ0v) is 15.4. The van der Waals surface area contributed by atoms with Crippen molar-refractivity contribution in [3.05, 3.63) is 11.7 Å². The summed E-state index contributed by atoms with van der Waals surface area (Å²) in [4.78, 5) is 32.9. The third kappa shape index (κ3) is 4.36. The van der Waals surface area contributed by atoms with Gasteiger partial charge in [0, 0.05) is 19.5 Å². The molecule has 2 fully saturated rings. The Balaban J connectivity index is 1.59. The molecule has 2 heterocycles. The summed E-state index contributed by atoms with van der Waals surface area (Å²) in [6.07, 6.45) is 2.67. The fourth-order valence-corrected chi connectivity index (χ4v) is 3.05. The molecule has 1 aromatic heterocycles. The number of hydrogen-bond donors (Lipinski definition) is 1. The highest BCUT2D eigenvalue weighted by atomic mass is 16.5. The number of amides is 2. The molecule has 1 saturated heterocycles. The Morgan fingerprint density at radius 1 is 1.40 bits per heavy atom. The van der Waals surface area contributed by atoms with Crippen molar-refractivity contribution in [2.45, 2.75) is 45.2 Å². The molecule has 1 unspecified atom stereocenters. The molecular weight excluding hydrogens is 322 g/mol. The Labute approximate surface area is 147 Å². The molecule has 1 atom stereocenters. The zero-order chi connectivity index (χ0) is 18.2. The van der Waals surface area contributed by atoms with Crippen LogP contribution in [-0.2, 0) is 21.7 Å². The van der Waals surface area contributed by atoms with E-state index in [-0.39, 0.29) is 24.2 Å². The van der Waals surface area contributed by atoms with Gasteiger partial charge >= 0.3 is 0 Å². The van der Waals surface area contributed by atoms with Crippen molar-refractivity contribution < 1.29 is 14.1 Å². The minimum Gasteiger partial charge on any atom is -0.343 e. The number of hydrogen-bond acceptors (Lipinski definition) is 6. The van der Waals surface area contributed by atoms with E-state index < -0.39 is 5.54 Å². The minimum atomic E-state index is -0.752. The SMILES string of the molecule is CN(C)Cc1nc(C(C)(C)NC(=O)C2CC(=O)N(CC3CC3)C2)no1. The van der Waals surface area contributed by atoms with E-state index in [9.17, 15) is 9.59 Å². The first-order valence-electron chi connectivity index (χ1n) is 8.82. The molecular formula is C17H27N5O3. The van der Waals surface area contributed by atoms with Gasteiger partial charge in [-0.15, -0.1) is 0 Å². The van der Waals surface area contributed by atoms with Crippen LogP contribution in [0.15, 0.2) is 4.52 Å². The Kier molecular flexibility index (Phi) is 4.81. The highest BCUT2D eigenvalue weighted by Gasteiger charge is 2.39. The van der Waals surface area contributed by atoms with Gasteiger partial charge in [-0.2, -0.15) is 4.98 Å². The number of likely N-dealkylation sites (tertiary alicyclic amines) is 1. The molecule has 1 aliphatic carbocycles. The average Bonchev–Trinajstić information content (AvgIpc) is 3.06. The molecule has 0 bridgehead atoms. The van der Waals surface area contributed by atoms with Gasteiger partial charge in [-0.25, -0.2) is 0 Å². The maximum atomic E-state index is 12.6. The van der Waals surface area contributed by atoms with Gasteiger partial charge in [-0.3, -0.25) is 9.59 Å². The molecule has 1 saturated carbocycles. The normalized spacial score (nSPS) is 21.2. The Bertz CT molecular complexity index is 650. The molecule has 2 aliphatic rings. The first-order chi connectivity index (χ1) is 11.7. The zero-order valence-electron chi connectivity index (χ0n) is 15.4. The largest absolute Gasteiger partial charge is 0.343 e. The predicted molar refractivity (Wildman–Crippen MR) is 90.3 cm³/mol. The van der Waals surface area contributed by atoms with Crippen LogP contribution in [0.25, 0.3) is 0 Å². The molecule has 0 spiro atoms. The molecule has 3 rings (SSSR count). The fraction of sp³-hybridized carbons (Fsp3) is 0.765. The Morgan fingerprint density at radius 3 is 2.76 bits per heavy atom. The lowest BCUT2D eigenvalue weighted by atomic mass is 10.0. The maximum Gasteiger partial charge on any atom is 0.240 e. The molecule has 138 valence electrons. The van der Waals surface area contributed by atoms with Crippen molar-refractivity contribution in [3.63, 3.8) is 0 Å². The van der Waals surface area contributed by atoms with Crippen molar-refractivity contribution in [2.24, 2.45) is 11.8 Å². The summed E-state index contributed by atoms with van der Waals surface area (Å²) in [5.41, 5.74) is -0.752. The first kappa shape index (κ1) is 17.8. The average molecular weight is 349 g/mol. The lowest BCUT2D eigenvalue weighted by Gasteiger charge is -2.24. The summed E-state index contributed by atoms with van der Waals surface area (Å²) < 4.78 is 5.24. The molecule has 8 heteroatoms. The smallest absolute Gasteiger partial charge is 0.240 e. The third-order valence-corrected chi connectivity index (χ3v) is 4.68. The monoisotopic (exact) mass is 349 g/mol. The number of rotatable bonds is 7. The molecule has 0 radical (unpaired) electrons. The summed E-state index contributed by atoms with van der Waals surface area (Å²) in [6.45, 7) is 5.53. The Morgan fingerprint density at radius 2 is 2.12 bits per heavy atom. The highest BCUT2D eigenvalue weighted by Crippen LogP contribution is 2.32. The van der Waals surface area contributed by atoms with E-state index in [0.717, 1.165) is 6.54 Å². The first-order valence-corrected chi connectivity index (χ1v) is 8.82. The van der Waals surface area contributed by atoms with E-state index in [1.54, 1.807) is 0 Å². The van der Waals surface area contributed by atoms with Crippen LogP contribution in [0.3, 0.4) is 0 Å². The molecule has 1 N–H and O–H groups in total. The number of nitrogens with zero attached hydrogens (tertiary/aromatic N) is 4. The highest BCUT2D eigenvalue weighted by molar-refractivity contribution is 5.89. The maximum absolute atomic E-state index is 12.6. The second kappa shape index (κ2) is 6.74. The molecule has 25 heavy (non-hydrogen) atoms. The van der Waals surface area contributed by atoms with Crippen molar-refractivity contribution >= 4 is 11.8 Å². The summed E-state index contributed by atoms with van der Waals surface area (Å²) in [7, 11) is 3.84. The van der Waals surface area contributed by atoms with Gasteiger partial charge < -0.3 is 19.6 Å². The second-order valence-electron chi connectivity index (χ2n) is 8.01. The van der Waals surface area contributed by atoms with Crippen LogP contribution >= 0.6 is 0 Å². The van der Waals surface area contributed by atoms with E-state index >= 15 is 0 Å². The standard InChI is InChI=1S/C17H27N5O3/c1-17(2,16-18-13(25-20-16)10-21(3)4)19-15(24)12-7-14(23)22(9-12)8-11-5-6-11/h11-12H,5-10H2,1-4H3,(H,19,24). The predicted octanol–water partition coefficient (Wildman–Crippen LogP) is 0.741. The quantitative estimate of drug-likeness (QED) is 0.781. The van der Waals surface area contributed by atoms with Crippen LogP contribution in [-0.4, -0.2) is 58.9 Å². The van der Waals surface area contributed by atoms with Gasteiger partial charge in [0.2, 0.25) is 17.7 Å². The molecule has 0 aromatic carbocycles. The topological polar surface area (TPSA) is 91.6 Å². The van der Waals surface area contributed by atoms with Crippen LogP contribution in [0.1, 0.15) is 44.8 Å². The summed E-state index contributed by atoms with van der Waals surface area (Å²) in [6, 6.07) is 0. The summed E-state index contributed by atoms with van der Waals surface area (Å²) in [5, 5.41) is 6.97. The number of carbonyl (C=O) groups is 2. The summed E-state index contributed by atoms with van der Waals surface area (Å²) in [5.74, 6) is 1.23.